The van der Waals surface area contributed by atoms with Gasteiger partial charge in [0.2, 0.25) is 0 Å². The molecule has 2 aromatic rings. The molecule has 0 radical (unpaired) electrons. The van der Waals surface area contributed by atoms with Crippen molar-refractivity contribution in [2.45, 2.75) is 27.3 Å². The Labute approximate surface area is 120 Å². The maximum Gasteiger partial charge on any atom is 0.177 e. The minimum absolute atomic E-state index is 0.135. The van der Waals surface area contributed by atoms with E-state index in [-0.39, 0.29) is 5.78 Å². The minimum Gasteiger partial charge on any atom is -0.304 e. The van der Waals surface area contributed by atoms with Crippen LogP contribution in [0.25, 0.3) is 0 Å². The van der Waals surface area contributed by atoms with Gasteiger partial charge in [-0.15, -0.1) is 0 Å². The first-order valence-electron chi connectivity index (χ1n) is 6.79. The summed E-state index contributed by atoms with van der Waals surface area (Å²) in [7, 11) is 0. The number of rotatable bonds is 5. The van der Waals surface area contributed by atoms with Crippen molar-refractivity contribution in [1.82, 2.24) is 10.3 Å². The molecule has 104 valence electrons. The molecular formula is C17H20N2O. The fraction of sp³-hybridized carbons (Fsp3) is 0.294. The molecule has 3 heteroatoms. The smallest absolute Gasteiger partial charge is 0.177 e. The highest BCUT2D eigenvalue weighted by Crippen LogP contribution is 2.16. The van der Waals surface area contributed by atoms with Gasteiger partial charge in [-0.05, 0) is 44.0 Å². The van der Waals surface area contributed by atoms with Crippen molar-refractivity contribution in [2.75, 3.05) is 6.54 Å². The molecule has 1 aromatic heterocycles. The Balaban J connectivity index is 1.99. The van der Waals surface area contributed by atoms with Crippen molar-refractivity contribution in [3.8, 4) is 0 Å². The fourth-order valence-electron chi connectivity index (χ4n) is 2.52. The zero-order valence-corrected chi connectivity index (χ0v) is 12.2. The highest BCUT2D eigenvalue weighted by Gasteiger charge is 2.12. The molecule has 0 atom stereocenters. The second kappa shape index (κ2) is 6.44. The van der Waals surface area contributed by atoms with Crippen molar-refractivity contribution < 1.29 is 4.79 Å². The summed E-state index contributed by atoms with van der Waals surface area (Å²) in [6, 6.07) is 9.88. The lowest BCUT2D eigenvalue weighted by atomic mass is 9.96. The van der Waals surface area contributed by atoms with Gasteiger partial charge in [-0.3, -0.25) is 9.78 Å². The number of nitrogens with zero attached hydrogens (tertiary/aromatic N) is 1. The average Bonchev–Trinajstić information content (AvgIpc) is 2.38. The first-order valence-corrected chi connectivity index (χ1v) is 6.79. The molecule has 0 fully saturated rings. The number of benzene rings is 1. The summed E-state index contributed by atoms with van der Waals surface area (Å²) in [6.07, 6.45) is 1.76. The van der Waals surface area contributed by atoms with E-state index in [2.05, 4.69) is 22.4 Å². The van der Waals surface area contributed by atoms with Crippen LogP contribution in [0, 0.1) is 20.8 Å². The number of carbonyl (C=O) groups is 1. The topological polar surface area (TPSA) is 42.0 Å². The van der Waals surface area contributed by atoms with E-state index in [1.807, 2.05) is 39.0 Å². The van der Waals surface area contributed by atoms with Gasteiger partial charge in [0, 0.05) is 18.3 Å². The quantitative estimate of drug-likeness (QED) is 0.848. The molecule has 1 N–H and O–H groups in total. The normalized spacial score (nSPS) is 10.6. The van der Waals surface area contributed by atoms with Gasteiger partial charge < -0.3 is 5.32 Å². The van der Waals surface area contributed by atoms with Crippen molar-refractivity contribution in [3.63, 3.8) is 0 Å². The third kappa shape index (κ3) is 3.52. The Morgan fingerprint density at radius 1 is 1.15 bits per heavy atom. The molecule has 20 heavy (non-hydrogen) atoms. The second-order valence-electron chi connectivity index (χ2n) is 5.12. The third-order valence-electron chi connectivity index (χ3n) is 3.27. The first kappa shape index (κ1) is 14.4. The van der Waals surface area contributed by atoms with E-state index in [9.17, 15) is 4.79 Å². The maximum atomic E-state index is 12.3. The third-order valence-corrected chi connectivity index (χ3v) is 3.27. The van der Waals surface area contributed by atoms with Crippen LogP contribution >= 0.6 is 0 Å². The summed E-state index contributed by atoms with van der Waals surface area (Å²) in [6.45, 7) is 6.98. The number of ketones is 1. The molecule has 0 saturated heterocycles. The molecule has 1 aromatic carbocycles. The van der Waals surface area contributed by atoms with Crippen LogP contribution in [0.5, 0.6) is 0 Å². The Morgan fingerprint density at radius 2 is 1.85 bits per heavy atom. The molecule has 0 aliphatic heterocycles. The summed E-state index contributed by atoms with van der Waals surface area (Å²) in [5.74, 6) is 0.135. The van der Waals surface area contributed by atoms with Gasteiger partial charge in [-0.25, -0.2) is 0 Å². The summed E-state index contributed by atoms with van der Waals surface area (Å²) in [5.41, 5.74) is 5.07. The van der Waals surface area contributed by atoms with E-state index in [0.717, 1.165) is 22.4 Å². The van der Waals surface area contributed by atoms with Crippen LogP contribution in [-0.2, 0) is 6.54 Å². The van der Waals surface area contributed by atoms with Crippen LogP contribution < -0.4 is 5.32 Å². The molecule has 3 nitrogen and oxygen atoms in total. The number of hydrogen-bond donors (Lipinski definition) is 1. The van der Waals surface area contributed by atoms with E-state index in [1.165, 1.54) is 5.56 Å². The largest absolute Gasteiger partial charge is 0.304 e. The lowest BCUT2D eigenvalue weighted by molar-refractivity contribution is 0.0989. The lowest BCUT2D eigenvalue weighted by Crippen LogP contribution is -2.24. The number of Topliss-reactive ketones (excluding diaryl/α,β-unsaturated/α-hetero) is 1. The van der Waals surface area contributed by atoms with Crippen LogP contribution in [0.2, 0.25) is 0 Å². The Bertz CT molecular complexity index is 583. The van der Waals surface area contributed by atoms with E-state index in [0.29, 0.717) is 13.1 Å². The summed E-state index contributed by atoms with van der Waals surface area (Å²) >= 11 is 0. The van der Waals surface area contributed by atoms with Gasteiger partial charge in [0.1, 0.15) is 0 Å². The molecule has 0 spiro atoms. The number of nitrogens with one attached hydrogen (secondary N) is 1. The van der Waals surface area contributed by atoms with Crippen LogP contribution in [0.4, 0.5) is 0 Å². The number of pyridine rings is 1. The molecule has 0 saturated carbocycles. The van der Waals surface area contributed by atoms with Gasteiger partial charge in [0.15, 0.2) is 5.78 Å². The van der Waals surface area contributed by atoms with Gasteiger partial charge in [0.05, 0.1) is 12.2 Å². The summed E-state index contributed by atoms with van der Waals surface area (Å²) in [5, 5.41) is 3.16. The molecule has 0 amide bonds. The highest BCUT2D eigenvalue weighted by atomic mass is 16.1. The van der Waals surface area contributed by atoms with Crippen LogP contribution in [-0.4, -0.2) is 17.3 Å². The molecule has 0 unspecified atom stereocenters. The Kier molecular flexibility index (Phi) is 4.64. The predicted octanol–water partition coefficient (Wildman–Crippen LogP) is 2.98. The van der Waals surface area contributed by atoms with Gasteiger partial charge >= 0.3 is 0 Å². The van der Waals surface area contributed by atoms with E-state index >= 15 is 0 Å². The molecular weight excluding hydrogens is 248 g/mol. The number of aryl methyl sites for hydroxylation is 3. The number of hydrogen-bond acceptors (Lipinski definition) is 3. The van der Waals surface area contributed by atoms with Crippen molar-refractivity contribution in [3.05, 3.63) is 64.5 Å². The van der Waals surface area contributed by atoms with Crippen molar-refractivity contribution >= 4 is 5.78 Å². The zero-order valence-electron chi connectivity index (χ0n) is 12.2. The molecule has 0 aliphatic rings. The van der Waals surface area contributed by atoms with E-state index < -0.39 is 0 Å². The standard InChI is InChI=1S/C17H20N2O/c1-12-8-13(2)17(14(3)9-12)16(20)11-18-10-15-6-4-5-7-19-15/h4-9,18H,10-11H2,1-3H3. The zero-order chi connectivity index (χ0) is 14.5. The second-order valence-corrected chi connectivity index (χ2v) is 5.12. The van der Waals surface area contributed by atoms with Gasteiger partial charge in [-0.2, -0.15) is 0 Å². The monoisotopic (exact) mass is 268 g/mol. The number of carbonyl (C=O) groups excluding carboxylic acids is 1. The van der Waals surface area contributed by atoms with Gasteiger partial charge in [-0.1, -0.05) is 23.8 Å². The summed E-state index contributed by atoms with van der Waals surface area (Å²) < 4.78 is 0. The van der Waals surface area contributed by atoms with Crippen LogP contribution in [0.3, 0.4) is 0 Å². The fourth-order valence-corrected chi connectivity index (χ4v) is 2.52. The van der Waals surface area contributed by atoms with Crippen LogP contribution in [0.1, 0.15) is 32.7 Å². The minimum atomic E-state index is 0.135. The molecule has 0 bridgehead atoms. The van der Waals surface area contributed by atoms with Crippen LogP contribution in [0.15, 0.2) is 36.5 Å². The highest BCUT2D eigenvalue weighted by molar-refractivity contribution is 6.00. The van der Waals surface area contributed by atoms with Crippen molar-refractivity contribution in [2.24, 2.45) is 0 Å². The van der Waals surface area contributed by atoms with Crippen molar-refractivity contribution in [1.29, 1.82) is 0 Å². The predicted molar refractivity (Wildman–Crippen MR) is 80.9 cm³/mol. The summed E-state index contributed by atoms with van der Waals surface area (Å²) in [4.78, 5) is 16.5. The first-order chi connectivity index (χ1) is 9.58. The maximum absolute atomic E-state index is 12.3. The lowest BCUT2D eigenvalue weighted by Gasteiger charge is -2.11. The molecule has 2 rings (SSSR count). The van der Waals surface area contributed by atoms with E-state index in [1.54, 1.807) is 6.20 Å². The Hall–Kier alpha value is -2.00. The number of aromatic nitrogens is 1. The Morgan fingerprint density at radius 3 is 2.45 bits per heavy atom. The molecule has 1 heterocycles. The SMILES string of the molecule is Cc1cc(C)c(C(=O)CNCc2ccccn2)c(C)c1. The molecule has 0 aliphatic carbocycles. The van der Waals surface area contributed by atoms with E-state index in [4.69, 9.17) is 0 Å². The van der Waals surface area contributed by atoms with Gasteiger partial charge in [0.25, 0.3) is 0 Å². The average molecular weight is 268 g/mol.